The number of benzene rings is 1. The zero-order chi connectivity index (χ0) is 15.8. The minimum absolute atomic E-state index is 0.260. The van der Waals surface area contributed by atoms with E-state index in [-0.39, 0.29) is 6.54 Å². The van der Waals surface area contributed by atoms with Crippen LogP contribution in [-0.2, 0) is 27.6 Å². The van der Waals surface area contributed by atoms with Crippen molar-refractivity contribution in [2.75, 3.05) is 13.7 Å². The first-order valence-corrected chi connectivity index (χ1v) is 9.90. The molecule has 0 atom stereocenters. The largest absolute Gasteiger partial charge is 0.376 e. The van der Waals surface area contributed by atoms with Gasteiger partial charge in [-0.3, -0.25) is 0 Å². The Morgan fingerprint density at radius 2 is 1.86 bits per heavy atom. The van der Waals surface area contributed by atoms with Crippen LogP contribution in [0.3, 0.4) is 0 Å². The number of hydrogen-bond donors (Lipinski definition) is 1. The number of sulfonamides is 1. The molecule has 2 aromatic rings. The molecule has 0 bridgehead atoms. The van der Waals surface area contributed by atoms with Gasteiger partial charge in [-0.2, -0.15) is 0 Å². The lowest BCUT2D eigenvalue weighted by Gasteiger charge is -2.27. The van der Waals surface area contributed by atoms with Crippen LogP contribution in [0.5, 0.6) is 0 Å². The minimum atomic E-state index is -3.50. The summed E-state index contributed by atoms with van der Waals surface area (Å²) in [5.74, 6) is 0. The summed E-state index contributed by atoms with van der Waals surface area (Å²) in [4.78, 5) is 0. The summed E-state index contributed by atoms with van der Waals surface area (Å²) in [6.07, 6.45) is 1.44. The van der Waals surface area contributed by atoms with Crippen molar-refractivity contribution in [1.82, 2.24) is 4.72 Å². The molecule has 1 aliphatic rings. The molecule has 0 saturated carbocycles. The van der Waals surface area contributed by atoms with Crippen molar-refractivity contribution in [2.24, 2.45) is 0 Å². The predicted octanol–water partition coefficient (Wildman–Crippen LogP) is 2.97. The monoisotopic (exact) mass is 401 g/mol. The molecule has 4 nitrogen and oxygen atoms in total. The first-order chi connectivity index (χ1) is 10.4. The summed E-state index contributed by atoms with van der Waals surface area (Å²) < 4.78 is 34.2. The molecular weight excluding hydrogens is 386 g/mol. The number of thiophene rings is 1. The summed E-state index contributed by atoms with van der Waals surface area (Å²) in [7, 11) is -1.86. The van der Waals surface area contributed by atoms with Gasteiger partial charge in [-0.15, -0.1) is 11.3 Å². The highest BCUT2D eigenvalue weighted by atomic mass is 79.9. The summed E-state index contributed by atoms with van der Waals surface area (Å²) >= 11 is 4.48. The quantitative estimate of drug-likeness (QED) is 0.837. The van der Waals surface area contributed by atoms with Gasteiger partial charge in [0.2, 0.25) is 10.0 Å². The fraction of sp³-hybridized carbons (Fsp3) is 0.333. The first kappa shape index (κ1) is 16.1. The van der Waals surface area contributed by atoms with E-state index in [0.29, 0.717) is 4.21 Å². The average Bonchev–Trinajstić information content (AvgIpc) is 3.09. The van der Waals surface area contributed by atoms with E-state index in [1.165, 1.54) is 22.5 Å². The van der Waals surface area contributed by atoms with Crippen molar-refractivity contribution < 1.29 is 13.2 Å². The third-order valence-corrected chi connectivity index (χ3v) is 7.49. The van der Waals surface area contributed by atoms with Crippen LogP contribution >= 0.6 is 27.3 Å². The summed E-state index contributed by atoms with van der Waals surface area (Å²) in [5.41, 5.74) is 1.94. The highest BCUT2D eigenvalue weighted by Crippen LogP contribution is 2.33. The van der Waals surface area contributed by atoms with Gasteiger partial charge in [0.1, 0.15) is 4.21 Å². The van der Waals surface area contributed by atoms with Crippen LogP contribution < -0.4 is 4.72 Å². The third-order valence-electron chi connectivity index (χ3n) is 3.97. The summed E-state index contributed by atoms with van der Waals surface area (Å²) in [6, 6.07) is 11.5. The van der Waals surface area contributed by atoms with Crippen LogP contribution in [0.2, 0.25) is 0 Å². The fourth-order valence-electron chi connectivity index (χ4n) is 2.74. The van der Waals surface area contributed by atoms with Gasteiger partial charge in [-0.1, -0.05) is 24.3 Å². The smallest absolute Gasteiger partial charge is 0.250 e. The maximum absolute atomic E-state index is 12.4. The second-order valence-corrected chi connectivity index (χ2v) is 9.85. The van der Waals surface area contributed by atoms with Crippen molar-refractivity contribution in [1.29, 1.82) is 0 Å². The Bertz CT molecular complexity index is 761. The van der Waals surface area contributed by atoms with E-state index in [0.717, 1.165) is 16.6 Å². The molecule has 7 heteroatoms. The Hall–Kier alpha value is -0.730. The Morgan fingerprint density at radius 1 is 1.23 bits per heavy atom. The molecular formula is C15H16BrNO3S2. The summed E-state index contributed by atoms with van der Waals surface area (Å²) in [6.45, 7) is 0.260. The van der Waals surface area contributed by atoms with Gasteiger partial charge in [0.25, 0.3) is 0 Å². The van der Waals surface area contributed by atoms with Gasteiger partial charge in [0, 0.05) is 26.5 Å². The van der Waals surface area contributed by atoms with Gasteiger partial charge in [0.05, 0.1) is 9.39 Å². The molecule has 0 unspecified atom stereocenters. The lowest BCUT2D eigenvalue weighted by molar-refractivity contribution is 0.00379. The molecule has 1 aromatic heterocycles. The molecule has 0 radical (unpaired) electrons. The van der Waals surface area contributed by atoms with Crippen LogP contribution in [0.4, 0.5) is 0 Å². The number of rotatable bonds is 5. The van der Waals surface area contributed by atoms with Crippen LogP contribution in [-0.4, -0.2) is 27.7 Å². The number of halogens is 1. The molecule has 0 aliphatic heterocycles. The van der Waals surface area contributed by atoms with Crippen LogP contribution in [0.1, 0.15) is 11.1 Å². The maximum atomic E-state index is 12.4. The second-order valence-electron chi connectivity index (χ2n) is 5.39. The average molecular weight is 402 g/mol. The van der Waals surface area contributed by atoms with E-state index >= 15 is 0 Å². The van der Waals surface area contributed by atoms with Gasteiger partial charge >= 0.3 is 0 Å². The fourth-order valence-corrected chi connectivity index (χ4v) is 5.91. The van der Waals surface area contributed by atoms with Crippen LogP contribution in [0.25, 0.3) is 0 Å². The van der Waals surface area contributed by atoms with E-state index in [1.807, 2.05) is 12.1 Å². The van der Waals surface area contributed by atoms with E-state index < -0.39 is 15.6 Å². The molecule has 1 aromatic carbocycles. The van der Waals surface area contributed by atoms with Crippen molar-refractivity contribution in [2.45, 2.75) is 22.7 Å². The highest BCUT2D eigenvalue weighted by molar-refractivity contribution is 9.11. The molecule has 1 N–H and O–H groups in total. The van der Waals surface area contributed by atoms with Crippen molar-refractivity contribution in [3.8, 4) is 0 Å². The normalized spacial score (nSPS) is 16.6. The first-order valence-electron chi connectivity index (χ1n) is 6.81. The molecule has 1 aliphatic carbocycles. The number of hydrogen-bond acceptors (Lipinski definition) is 4. The molecule has 3 rings (SSSR count). The van der Waals surface area contributed by atoms with E-state index in [1.54, 1.807) is 19.2 Å². The Balaban J connectivity index is 1.75. The molecule has 118 valence electrons. The van der Waals surface area contributed by atoms with Crippen LogP contribution in [0, 0.1) is 0 Å². The van der Waals surface area contributed by atoms with Gasteiger partial charge in [0.15, 0.2) is 0 Å². The Labute approximate surface area is 142 Å². The highest BCUT2D eigenvalue weighted by Gasteiger charge is 2.38. The SMILES string of the molecule is COC1(CNS(=O)(=O)c2ccc(Br)s2)Cc2ccccc2C1. The van der Waals surface area contributed by atoms with Gasteiger partial charge in [-0.25, -0.2) is 13.1 Å². The van der Waals surface area contributed by atoms with E-state index in [2.05, 4.69) is 32.8 Å². The molecule has 0 amide bonds. The molecule has 0 fully saturated rings. The van der Waals surface area contributed by atoms with Crippen molar-refractivity contribution in [3.05, 3.63) is 51.3 Å². The zero-order valence-electron chi connectivity index (χ0n) is 12.0. The van der Waals surface area contributed by atoms with Crippen molar-refractivity contribution >= 4 is 37.3 Å². The topological polar surface area (TPSA) is 55.4 Å². The molecule has 1 heterocycles. The lowest BCUT2D eigenvalue weighted by atomic mass is 10.0. The Morgan fingerprint density at radius 3 is 2.36 bits per heavy atom. The van der Waals surface area contributed by atoms with Crippen LogP contribution in [0.15, 0.2) is 44.4 Å². The van der Waals surface area contributed by atoms with Crippen molar-refractivity contribution in [3.63, 3.8) is 0 Å². The lowest BCUT2D eigenvalue weighted by Crippen LogP contribution is -2.45. The standard InChI is InChI=1S/C15H16BrNO3S2/c1-20-15(8-11-4-2-3-5-12(11)9-15)10-17-22(18,19)14-7-6-13(16)21-14/h2-7,17H,8-10H2,1H3. The predicted molar refractivity (Wildman–Crippen MR) is 90.8 cm³/mol. The number of methoxy groups -OCH3 is 1. The zero-order valence-corrected chi connectivity index (χ0v) is 15.2. The third kappa shape index (κ3) is 3.14. The van der Waals surface area contributed by atoms with E-state index in [9.17, 15) is 8.42 Å². The number of ether oxygens (including phenoxy) is 1. The van der Waals surface area contributed by atoms with E-state index in [4.69, 9.17) is 4.74 Å². The molecule has 0 saturated heterocycles. The van der Waals surface area contributed by atoms with Gasteiger partial charge < -0.3 is 4.74 Å². The minimum Gasteiger partial charge on any atom is -0.376 e. The molecule has 0 spiro atoms. The summed E-state index contributed by atoms with van der Waals surface area (Å²) in [5, 5.41) is 0. The number of fused-ring (bicyclic) bond motifs is 1. The van der Waals surface area contributed by atoms with Gasteiger partial charge in [-0.05, 0) is 39.2 Å². The molecule has 22 heavy (non-hydrogen) atoms. The maximum Gasteiger partial charge on any atom is 0.250 e. The number of nitrogens with one attached hydrogen (secondary N) is 1. The second kappa shape index (κ2) is 6.05. The Kier molecular flexibility index (Phi) is 4.44.